The summed E-state index contributed by atoms with van der Waals surface area (Å²) in [7, 11) is 1.91. The lowest BCUT2D eigenvalue weighted by Crippen LogP contribution is -2.27. The summed E-state index contributed by atoms with van der Waals surface area (Å²) in [6, 6.07) is 9.99. The molecule has 1 aliphatic heterocycles. The number of carbonyl (C=O) groups is 1. The van der Waals surface area contributed by atoms with Crippen molar-refractivity contribution in [2.75, 3.05) is 25.5 Å². The zero-order valence-corrected chi connectivity index (χ0v) is 20.1. The molecule has 1 aliphatic rings. The number of aromatic amines is 2. The molecule has 4 N–H and O–H groups in total. The molecular weight excluding hydrogens is 448 g/mol. The minimum absolute atomic E-state index is 0.0415. The summed E-state index contributed by atoms with van der Waals surface area (Å²) in [6.45, 7) is 4.29. The van der Waals surface area contributed by atoms with Gasteiger partial charge < -0.3 is 25.5 Å². The van der Waals surface area contributed by atoms with E-state index in [0.29, 0.717) is 29.0 Å². The average Bonchev–Trinajstić information content (AvgIpc) is 3.52. The van der Waals surface area contributed by atoms with Gasteiger partial charge in [0.1, 0.15) is 11.4 Å². The van der Waals surface area contributed by atoms with Crippen molar-refractivity contribution in [2.45, 2.75) is 32.4 Å². The van der Waals surface area contributed by atoms with Crippen LogP contribution in [0.2, 0.25) is 0 Å². The number of aromatic nitrogens is 3. The molecular formula is C25H28N6O2S. The number of anilines is 1. The second kappa shape index (κ2) is 9.44. The van der Waals surface area contributed by atoms with Gasteiger partial charge in [0.05, 0.1) is 16.7 Å². The normalized spacial score (nSPS) is 14.1. The first-order chi connectivity index (χ1) is 16.5. The number of H-pyrrole nitrogens is 2. The van der Waals surface area contributed by atoms with E-state index in [1.807, 2.05) is 36.2 Å². The van der Waals surface area contributed by atoms with E-state index in [1.165, 1.54) is 4.88 Å². The number of hydrogen-bond donors (Lipinski definition) is 4. The molecule has 9 heteroatoms. The zero-order valence-electron chi connectivity index (χ0n) is 19.3. The summed E-state index contributed by atoms with van der Waals surface area (Å²) < 4.78 is 0. The van der Waals surface area contributed by atoms with E-state index >= 15 is 0 Å². The van der Waals surface area contributed by atoms with Gasteiger partial charge in [0.2, 0.25) is 0 Å². The first-order valence-corrected chi connectivity index (χ1v) is 12.4. The average molecular weight is 477 g/mol. The number of thiophene rings is 1. The fourth-order valence-corrected chi connectivity index (χ4v) is 5.34. The Morgan fingerprint density at radius 3 is 2.94 bits per heavy atom. The third-order valence-electron chi connectivity index (χ3n) is 6.13. The summed E-state index contributed by atoms with van der Waals surface area (Å²) >= 11 is 1.72. The van der Waals surface area contributed by atoms with Crippen LogP contribution in [0.5, 0.6) is 0 Å². The molecule has 0 radical (unpaired) electrons. The Labute approximate surface area is 201 Å². The van der Waals surface area contributed by atoms with Crippen molar-refractivity contribution in [2.24, 2.45) is 0 Å². The molecule has 4 heterocycles. The van der Waals surface area contributed by atoms with Gasteiger partial charge in [-0.3, -0.25) is 9.59 Å². The highest BCUT2D eigenvalue weighted by Gasteiger charge is 2.28. The molecule has 1 amide bonds. The number of carbonyl (C=O) groups excluding carboxylic acids is 1. The Hall–Kier alpha value is -3.43. The number of rotatable bonds is 9. The smallest absolute Gasteiger partial charge is 0.261 e. The summed E-state index contributed by atoms with van der Waals surface area (Å²) in [4.78, 5) is 39.6. The lowest BCUT2D eigenvalue weighted by Gasteiger charge is -2.16. The number of benzene rings is 1. The predicted molar refractivity (Wildman–Crippen MR) is 137 cm³/mol. The molecule has 176 valence electrons. The molecule has 8 nitrogen and oxygen atoms in total. The van der Waals surface area contributed by atoms with E-state index in [9.17, 15) is 9.59 Å². The van der Waals surface area contributed by atoms with Crippen molar-refractivity contribution in [3.8, 4) is 11.4 Å². The van der Waals surface area contributed by atoms with Crippen molar-refractivity contribution in [3.05, 3.63) is 68.3 Å². The molecule has 3 aromatic heterocycles. The number of pyridine rings is 1. The van der Waals surface area contributed by atoms with Gasteiger partial charge in [0, 0.05) is 42.2 Å². The minimum atomic E-state index is -0.216. The molecule has 5 rings (SSSR count). The second-order valence-corrected chi connectivity index (χ2v) is 9.75. The van der Waals surface area contributed by atoms with Gasteiger partial charge in [-0.1, -0.05) is 6.07 Å². The molecule has 0 bridgehead atoms. The Morgan fingerprint density at radius 2 is 2.15 bits per heavy atom. The highest BCUT2D eigenvalue weighted by molar-refractivity contribution is 7.09. The number of fused-ring (bicyclic) bond motifs is 2. The Morgan fingerprint density at radius 1 is 1.26 bits per heavy atom. The van der Waals surface area contributed by atoms with E-state index in [4.69, 9.17) is 4.98 Å². The van der Waals surface area contributed by atoms with Crippen LogP contribution >= 0.6 is 11.3 Å². The van der Waals surface area contributed by atoms with Crippen LogP contribution in [0.1, 0.15) is 34.1 Å². The topological polar surface area (TPSA) is 106 Å². The van der Waals surface area contributed by atoms with E-state index in [2.05, 4.69) is 39.0 Å². The standard InChI is InChI=1S/C25H28N6O2S/c1-15(11-17-5-3-10-34-17)28-19-6-8-27-24(32)22(19)23-29-20-12-16-14-31(9-4-7-26-2)25(33)18(16)13-21(20)30-23/h3,5-6,8,10,12-13,15,26H,4,7,9,11,14H2,1-2H3,(H,29,30)(H2,27,28,32). The minimum Gasteiger partial charge on any atom is -0.381 e. The van der Waals surface area contributed by atoms with Crippen LogP contribution in [-0.2, 0) is 13.0 Å². The van der Waals surface area contributed by atoms with Gasteiger partial charge in [-0.25, -0.2) is 4.98 Å². The number of amides is 1. The van der Waals surface area contributed by atoms with Crippen LogP contribution in [0.4, 0.5) is 5.69 Å². The maximum absolute atomic E-state index is 12.9. The highest BCUT2D eigenvalue weighted by atomic mass is 32.1. The quantitative estimate of drug-likeness (QED) is 0.276. The summed E-state index contributed by atoms with van der Waals surface area (Å²) in [5.41, 5.74) is 4.16. The number of nitrogens with zero attached hydrogens (tertiary/aromatic N) is 2. The maximum Gasteiger partial charge on any atom is 0.261 e. The SMILES string of the molecule is CNCCCN1Cc2cc3[nH]c(-c4c(NC(C)Cc5cccs5)cc[nH]c4=O)nc3cc2C1=O. The Balaban J connectivity index is 1.42. The van der Waals surface area contributed by atoms with Crippen molar-refractivity contribution in [1.29, 1.82) is 0 Å². The van der Waals surface area contributed by atoms with Crippen LogP contribution in [-0.4, -0.2) is 51.9 Å². The van der Waals surface area contributed by atoms with Gasteiger partial charge in [-0.05, 0) is 62.1 Å². The summed E-state index contributed by atoms with van der Waals surface area (Å²) in [5.74, 6) is 0.532. The molecule has 4 aromatic rings. The van der Waals surface area contributed by atoms with Crippen LogP contribution < -0.4 is 16.2 Å². The predicted octanol–water partition coefficient (Wildman–Crippen LogP) is 3.59. The van der Waals surface area contributed by atoms with E-state index in [0.717, 1.165) is 42.7 Å². The van der Waals surface area contributed by atoms with Crippen molar-refractivity contribution in [3.63, 3.8) is 0 Å². The first-order valence-electron chi connectivity index (χ1n) is 11.5. The molecule has 1 unspecified atom stereocenters. The second-order valence-electron chi connectivity index (χ2n) is 8.72. The van der Waals surface area contributed by atoms with Gasteiger partial charge in [-0.2, -0.15) is 0 Å². The van der Waals surface area contributed by atoms with Crippen LogP contribution in [0, 0.1) is 0 Å². The molecule has 0 aliphatic carbocycles. The van der Waals surface area contributed by atoms with Gasteiger partial charge in [0.15, 0.2) is 0 Å². The molecule has 0 saturated carbocycles. The maximum atomic E-state index is 12.9. The lowest BCUT2D eigenvalue weighted by molar-refractivity contribution is 0.0777. The van der Waals surface area contributed by atoms with E-state index in [-0.39, 0.29) is 17.5 Å². The lowest BCUT2D eigenvalue weighted by atomic mass is 10.1. The molecule has 1 atom stereocenters. The Kier molecular flexibility index (Phi) is 6.21. The first kappa shape index (κ1) is 22.4. The van der Waals surface area contributed by atoms with Crippen LogP contribution in [0.15, 0.2) is 46.7 Å². The van der Waals surface area contributed by atoms with Crippen LogP contribution in [0.25, 0.3) is 22.4 Å². The van der Waals surface area contributed by atoms with Gasteiger partial charge in [0.25, 0.3) is 11.5 Å². The molecule has 0 saturated heterocycles. The molecule has 1 aromatic carbocycles. The summed E-state index contributed by atoms with van der Waals surface area (Å²) in [5, 5.41) is 8.66. The van der Waals surface area contributed by atoms with Gasteiger partial charge >= 0.3 is 0 Å². The van der Waals surface area contributed by atoms with Crippen LogP contribution in [0.3, 0.4) is 0 Å². The van der Waals surface area contributed by atoms with E-state index in [1.54, 1.807) is 17.5 Å². The third-order valence-corrected chi connectivity index (χ3v) is 7.03. The number of imidazole rings is 1. The van der Waals surface area contributed by atoms with Crippen molar-refractivity contribution >= 4 is 34.0 Å². The highest BCUT2D eigenvalue weighted by Crippen LogP contribution is 2.30. The Bertz CT molecular complexity index is 1370. The fraction of sp³-hybridized carbons (Fsp3) is 0.320. The number of nitrogens with one attached hydrogen (secondary N) is 4. The molecule has 0 fully saturated rings. The van der Waals surface area contributed by atoms with Crippen molar-refractivity contribution < 1.29 is 4.79 Å². The molecule has 0 spiro atoms. The summed E-state index contributed by atoms with van der Waals surface area (Å²) in [6.07, 6.45) is 3.42. The zero-order chi connectivity index (χ0) is 23.7. The third kappa shape index (κ3) is 4.36. The largest absolute Gasteiger partial charge is 0.381 e. The molecule has 34 heavy (non-hydrogen) atoms. The van der Waals surface area contributed by atoms with Crippen molar-refractivity contribution in [1.82, 2.24) is 25.2 Å². The monoisotopic (exact) mass is 476 g/mol. The van der Waals surface area contributed by atoms with E-state index < -0.39 is 0 Å². The number of hydrogen-bond acceptors (Lipinski definition) is 6. The van der Waals surface area contributed by atoms with Gasteiger partial charge in [-0.15, -0.1) is 11.3 Å². The fourth-order valence-electron chi connectivity index (χ4n) is 4.51.